The van der Waals surface area contributed by atoms with Crippen molar-refractivity contribution in [3.8, 4) is 11.5 Å². The van der Waals surface area contributed by atoms with Crippen LogP contribution in [0.15, 0.2) is 35.6 Å². The molecule has 0 aliphatic heterocycles. The van der Waals surface area contributed by atoms with Gasteiger partial charge in [-0.2, -0.15) is 13.2 Å². The van der Waals surface area contributed by atoms with Crippen molar-refractivity contribution in [2.45, 2.75) is 31.0 Å². The maximum absolute atomic E-state index is 13.2. The Hall–Kier alpha value is -3.68. The van der Waals surface area contributed by atoms with Crippen molar-refractivity contribution in [1.29, 1.82) is 0 Å². The minimum atomic E-state index is -4.61. The molecule has 1 aliphatic carbocycles. The molecular weight excluding hydrogens is 501 g/mol. The summed E-state index contributed by atoms with van der Waals surface area (Å²) in [6.07, 6.45) is -1.06. The van der Waals surface area contributed by atoms with Crippen molar-refractivity contribution in [2.24, 2.45) is 13.0 Å². The van der Waals surface area contributed by atoms with E-state index in [1.165, 1.54) is 41.3 Å². The van der Waals surface area contributed by atoms with Crippen LogP contribution in [0.5, 0.6) is 0 Å². The van der Waals surface area contributed by atoms with Crippen molar-refractivity contribution in [3.63, 3.8) is 0 Å². The minimum Gasteiger partial charge on any atom is -0.449 e. The monoisotopic (exact) mass is 522 g/mol. The first-order valence-electron chi connectivity index (χ1n) is 11.1. The van der Waals surface area contributed by atoms with E-state index in [1.54, 1.807) is 0 Å². The summed E-state index contributed by atoms with van der Waals surface area (Å²) in [5, 5.41) is 2.42. The van der Waals surface area contributed by atoms with Crippen LogP contribution >= 0.6 is 0 Å². The van der Waals surface area contributed by atoms with Crippen LogP contribution in [0.25, 0.3) is 28.3 Å². The minimum absolute atomic E-state index is 0.0332. The van der Waals surface area contributed by atoms with E-state index in [2.05, 4.69) is 20.3 Å². The van der Waals surface area contributed by atoms with Crippen molar-refractivity contribution in [2.75, 3.05) is 17.7 Å². The number of sulfone groups is 1. The van der Waals surface area contributed by atoms with E-state index in [0.717, 1.165) is 18.9 Å². The molecule has 0 aromatic carbocycles. The standard InChI is InChI=1S/C22H21F3N6O4S/c1-3-36(33,34)20-17(19-28-15-8-13(22(23,24)25)10-26-18(15)30(19)2)29-16-9-14(6-7-31(16)20)27-21(32)35-11-12-4-5-12/h6-10,12H,3-5,11H2,1-2H3,(H,27,32). The van der Waals surface area contributed by atoms with E-state index in [0.29, 0.717) is 24.4 Å². The fourth-order valence-corrected chi connectivity index (χ4v) is 4.91. The third kappa shape index (κ3) is 4.36. The van der Waals surface area contributed by atoms with E-state index >= 15 is 0 Å². The predicted octanol–water partition coefficient (Wildman–Crippen LogP) is 4.05. The highest BCUT2D eigenvalue weighted by molar-refractivity contribution is 7.91. The lowest BCUT2D eigenvalue weighted by Crippen LogP contribution is -2.15. The number of amides is 1. The fraction of sp³-hybridized carbons (Fsp3) is 0.364. The van der Waals surface area contributed by atoms with Gasteiger partial charge in [-0.05, 0) is 30.9 Å². The molecule has 14 heteroatoms. The molecule has 0 radical (unpaired) electrons. The zero-order chi connectivity index (χ0) is 25.8. The molecule has 4 heterocycles. The van der Waals surface area contributed by atoms with Crippen molar-refractivity contribution >= 4 is 38.4 Å². The second-order valence-corrected chi connectivity index (χ2v) is 10.7. The lowest BCUT2D eigenvalue weighted by Gasteiger charge is -2.08. The third-order valence-electron chi connectivity index (χ3n) is 5.90. The molecule has 1 fully saturated rings. The van der Waals surface area contributed by atoms with E-state index in [4.69, 9.17) is 4.74 Å². The quantitative estimate of drug-likeness (QED) is 0.406. The zero-order valence-electron chi connectivity index (χ0n) is 19.2. The van der Waals surface area contributed by atoms with E-state index < -0.39 is 27.7 Å². The number of hydrogen-bond donors (Lipinski definition) is 1. The number of carbonyl (C=O) groups is 1. The molecule has 0 spiro atoms. The number of anilines is 1. The maximum atomic E-state index is 13.2. The molecule has 1 aliphatic rings. The molecule has 1 saturated carbocycles. The molecule has 4 aromatic heterocycles. The van der Waals surface area contributed by atoms with Crippen LogP contribution < -0.4 is 5.32 Å². The molecule has 190 valence electrons. The predicted molar refractivity (Wildman–Crippen MR) is 123 cm³/mol. The van der Waals surface area contributed by atoms with Crippen molar-refractivity contribution in [3.05, 3.63) is 36.2 Å². The number of ether oxygens (including phenoxy) is 1. The van der Waals surface area contributed by atoms with Crippen LogP contribution in [-0.2, 0) is 27.8 Å². The number of aromatic nitrogens is 5. The summed E-state index contributed by atoms with van der Waals surface area (Å²) in [5.41, 5.74) is -0.412. The zero-order valence-corrected chi connectivity index (χ0v) is 20.0. The van der Waals surface area contributed by atoms with Gasteiger partial charge >= 0.3 is 12.3 Å². The first kappa shape index (κ1) is 24.0. The molecule has 36 heavy (non-hydrogen) atoms. The Morgan fingerprint density at radius 1 is 1.25 bits per heavy atom. The molecule has 0 unspecified atom stereocenters. The number of fused-ring (bicyclic) bond motifs is 2. The lowest BCUT2D eigenvalue weighted by atomic mass is 10.2. The number of halogens is 3. The number of nitrogens with zero attached hydrogens (tertiary/aromatic N) is 5. The molecule has 0 atom stereocenters. The first-order valence-corrected chi connectivity index (χ1v) is 12.7. The van der Waals surface area contributed by atoms with Crippen LogP contribution in [-0.4, -0.2) is 50.8 Å². The van der Waals surface area contributed by atoms with Gasteiger partial charge in [0.15, 0.2) is 26.3 Å². The van der Waals surface area contributed by atoms with Crippen molar-refractivity contribution in [1.82, 2.24) is 23.9 Å². The molecule has 10 nitrogen and oxygen atoms in total. The van der Waals surface area contributed by atoms with Gasteiger partial charge in [0, 0.05) is 31.2 Å². The normalized spacial score (nSPS) is 14.5. The highest BCUT2D eigenvalue weighted by Crippen LogP contribution is 2.34. The number of rotatable bonds is 6. The summed E-state index contributed by atoms with van der Waals surface area (Å²) < 4.78 is 73.5. The smallest absolute Gasteiger partial charge is 0.417 e. The second kappa shape index (κ2) is 8.47. The average molecular weight is 523 g/mol. The SMILES string of the molecule is CCS(=O)(=O)c1c(-c2nc3cc(C(F)(F)F)cnc3n2C)nc2cc(NC(=O)OCC3CC3)ccn12. The van der Waals surface area contributed by atoms with Gasteiger partial charge in [-0.3, -0.25) is 9.72 Å². The van der Waals surface area contributed by atoms with Crippen LogP contribution in [0.3, 0.4) is 0 Å². The maximum Gasteiger partial charge on any atom is 0.417 e. The summed E-state index contributed by atoms with van der Waals surface area (Å²) in [4.78, 5) is 24.6. The molecule has 0 bridgehead atoms. The number of nitrogens with one attached hydrogen (secondary N) is 1. The largest absolute Gasteiger partial charge is 0.449 e. The summed E-state index contributed by atoms with van der Waals surface area (Å²) in [6.45, 7) is 1.80. The second-order valence-electron chi connectivity index (χ2n) is 8.54. The molecular formula is C22H21F3N6O4S. The van der Waals surface area contributed by atoms with Gasteiger partial charge in [0.25, 0.3) is 0 Å². The first-order chi connectivity index (χ1) is 17.0. The fourth-order valence-electron chi connectivity index (χ4n) is 3.75. The summed E-state index contributed by atoms with van der Waals surface area (Å²) in [7, 11) is -2.34. The molecule has 0 saturated heterocycles. The summed E-state index contributed by atoms with van der Waals surface area (Å²) >= 11 is 0. The van der Waals surface area contributed by atoms with Crippen LogP contribution in [0.2, 0.25) is 0 Å². The Bertz CT molecular complexity index is 1610. The number of aryl methyl sites for hydroxylation is 1. The number of carbonyl (C=O) groups excluding carboxylic acids is 1. The number of hydrogen-bond acceptors (Lipinski definition) is 7. The van der Waals surface area contributed by atoms with Gasteiger partial charge in [-0.15, -0.1) is 0 Å². The van der Waals surface area contributed by atoms with Gasteiger partial charge < -0.3 is 9.30 Å². The Morgan fingerprint density at radius 3 is 2.67 bits per heavy atom. The van der Waals surface area contributed by atoms with E-state index in [1.807, 2.05) is 0 Å². The highest BCUT2D eigenvalue weighted by atomic mass is 32.2. The van der Waals surface area contributed by atoms with Crippen molar-refractivity contribution < 1.29 is 31.1 Å². The number of imidazole rings is 2. The molecule has 5 rings (SSSR count). The van der Waals surface area contributed by atoms with Gasteiger partial charge in [0.05, 0.1) is 17.9 Å². The van der Waals surface area contributed by atoms with E-state index in [9.17, 15) is 26.4 Å². The number of pyridine rings is 2. The highest BCUT2D eigenvalue weighted by Gasteiger charge is 2.33. The van der Waals surface area contributed by atoms with Crippen LogP contribution in [0, 0.1) is 5.92 Å². The topological polar surface area (TPSA) is 120 Å². The Morgan fingerprint density at radius 2 is 2.00 bits per heavy atom. The van der Waals surface area contributed by atoms with Gasteiger partial charge in [0.2, 0.25) is 0 Å². The Kier molecular flexibility index (Phi) is 5.65. The number of alkyl halides is 3. The third-order valence-corrected chi connectivity index (χ3v) is 7.64. The molecule has 1 amide bonds. The van der Waals surface area contributed by atoms with Gasteiger partial charge in [-0.1, -0.05) is 6.92 Å². The van der Waals surface area contributed by atoms with Crippen LogP contribution in [0.1, 0.15) is 25.3 Å². The van der Waals surface area contributed by atoms with Gasteiger partial charge in [-0.25, -0.2) is 28.2 Å². The summed E-state index contributed by atoms with van der Waals surface area (Å²) in [5.74, 6) is 0.178. The Labute approximate surface area is 203 Å². The lowest BCUT2D eigenvalue weighted by molar-refractivity contribution is -0.137. The van der Waals surface area contributed by atoms with Crippen LogP contribution in [0.4, 0.5) is 23.7 Å². The van der Waals surface area contributed by atoms with Gasteiger partial charge in [0.1, 0.15) is 16.9 Å². The molecule has 4 aromatic rings. The van der Waals surface area contributed by atoms with E-state index in [-0.39, 0.29) is 39.1 Å². The average Bonchev–Trinajstić information content (AvgIpc) is 3.49. The molecule has 1 N–H and O–H groups in total. The Balaban J connectivity index is 1.61. The summed E-state index contributed by atoms with van der Waals surface area (Å²) in [6, 6.07) is 3.82.